The van der Waals surface area contributed by atoms with E-state index in [-0.39, 0.29) is 13.0 Å². The number of halogens is 1. The SMILES string of the molecule is COCc1cc(-c2nc(-c3cnc(NCCC(=O)O)c(Cl)c3)no2)ccc1-c1ccccc1C. The van der Waals surface area contributed by atoms with Crippen LogP contribution >= 0.6 is 11.6 Å². The number of nitrogens with one attached hydrogen (secondary N) is 1. The van der Waals surface area contributed by atoms with Crippen LogP contribution in [0.5, 0.6) is 0 Å². The van der Waals surface area contributed by atoms with Gasteiger partial charge in [-0.15, -0.1) is 0 Å². The normalized spacial score (nSPS) is 10.9. The molecule has 0 aliphatic carbocycles. The number of carboxylic acids is 1. The van der Waals surface area contributed by atoms with Crippen LogP contribution in [0.3, 0.4) is 0 Å². The average Bonchev–Trinajstić information content (AvgIpc) is 3.31. The number of benzene rings is 2. The highest BCUT2D eigenvalue weighted by Crippen LogP contribution is 2.32. The van der Waals surface area contributed by atoms with Crippen molar-refractivity contribution in [3.63, 3.8) is 0 Å². The van der Waals surface area contributed by atoms with Crippen LogP contribution in [0.2, 0.25) is 5.02 Å². The number of anilines is 1. The first-order valence-electron chi connectivity index (χ1n) is 10.6. The molecule has 0 bridgehead atoms. The third-order valence-corrected chi connectivity index (χ3v) is 5.53. The molecule has 0 aliphatic heterocycles. The van der Waals surface area contributed by atoms with Crippen molar-refractivity contribution in [3.8, 4) is 34.0 Å². The van der Waals surface area contributed by atoms with Crippen molar-refractivity contribution in [2.45, 2.75) is 20.0 Å². The quantitative estimate of drug-likeness (QED) is 0.326. The Morgan fingerprint density at radius 1 is 1.15 bits per heavy atom. The molecule has 2 aromatic carbocycles. The summed E-state index contributed by atoms with van der Waals surface area (Å²) in [4.78, 5) is 19.4. The Bertz CT molecular complexity index is 1320. The van der Waals surface area contributed by atoms with Gasteiger partial charge in [0, 0.05) is 31.0 Å². The van der Waals surface area contributed by atoms with E-state index in [1.165, 1.54) is 5.56 Å². The van der Waals surface area contributed by atoms with Gasteiger partial charge in [-0.2, -0.15) is 4.98 Å². The van der Waals surface area contributed by atoms with Crippen LogP contribution in [0.15, 0.2) is 59.3 Å². The molecule has 0 amide bonds. The van der Waals surface area contributed by atoms with Gasteiger partial charge in [-0.1, -0.05) is 47.1 Å². The number of pyridine rings is 1. The predicted molar refractivity (Wildman–Crippen MR) is 130 cm³/mol. The molecule has 34 heavy (non-hydrogen) atoms. The molecule has 2 heterocycles. The maximum absolute atomic E-state index is 10.7. The van der Waals surface area contributed by atoms with Crippen molar-refractivity contribution in [1.29, 1.82) is 0 Å². The van der Waals surface area contributed by atoms with Gasteiger partial charge in [0.15, 0.2) is 0 Å². The number of hydrogen-bond donors (Lipinski definition) is 2. The highest BCUT2D eigenvalue weighted by atomic mass is 35.5. The van der Waals surface area contributed by atoms with Gasteiger partial charge in [0.25, 0.3) is 5.89 Å². The predicted octanol–water partition coefficient (Wildman–Crippen LogP) is 5.46. The zero-order chi connectivity index (χ0) is 24.1. The van der Waals surface area contributed by atoms with Gasteiger partial charge in [0.05, 0.1) is 18.1 Å². The van der Waals surface area contributed by atoms with Crippen LogP contribution in [0.25, 0.3) is 34.0 Å². The fourth-order valence-electron chi connectivity index (χ4n) is 3.58. The Morgan fingerprint density at radius 3 is 2.71 bits per heavy atom. The van der Waals surface area contributed by atoms with Crippen LogP contribution in [0.4, 0.5) is 5.82 Å². The smallest absolute Gasteiger partial charge is 0.305 e. The lowest BCUT2D eigenvalue weighted by Gasteiger charge is -2.12. The largest absolute Gasteiger partial charge is 0.481 e. The first-order chi connectivity index (χ1) is 16.5. The molecule has 4 rings (SSSR count). The average molecular weight is 479 g/mol. The van der Waals surface area contributed by atoms with E-state index in [4.69, 9.17) is 26.0 Å². The van der Waals surface area contributed by atoms with Gasteiger partial charge in [-0.05, 0) is 47.4 Å². The van der Waals surface area contributed by atoms with Crippen molar-refractivity contribution in [2.24, 2.45) is 0 Å². The molecule has 174 valence electrons. The highest BCUT2D eigenvalue weighted by Gasteiger charge is 2.16. The van der Waals surface area contributed by atoms with Crippen molar-refractivity contribution in [2.75, 3.05) is 19.0 Å². The molecule has 0 aliphatic rings. The number of rotatable bonds is 9. The maximum Gasteiger partial charge on any atom is 0.305 e. The van der Waals surface area contributed by atoms with E-state index in [9.17, 15) is 4.79 Å². The lowest BCUT2D eigenvalue weighted by Crippen LogP contribution is -2.08. The van der Waals surface area contributed by atoms with Crippen molar-refractivity contribution in [3.05, 3.63) is 70.9 Å². The van der Waals surface area contributed by atoms with Gasteiger partial charge >= 0.3 is 5.97 Å². The lowest BCUT2D eigenvalue weighted by molar-refractivity contribution is -0.136. The van der Waals surface area contributed by atoms with E-state index in [2.05, 4.69) is 39.5 Å². The molecule has 0 unspecified atom stereocenters. The molecule has 0 radical (unpaired) electrons. The van der Waals surface area contributed by atoms with E-state index < -0.39 is 5.97 Å². The molecule has 2 aromatic heterocycles. The summed E-state index contributed by atoms with van der Waals surface area (Å²) in [5, 5.41) is 16.1. The molecular weight excluding hydrogens is 456 g/mol. The summed E-state index contributed by atoms with van der Waals surface area (Å²) >= 11 is 6.29. The summed E-state index contributed by atoms with van der Waals surface area (Å²) in [7, 11) is 1.66. The zero-order valence-electron chi connectivity index (χ0n) is 18.7. The highest BCUT2D eigenvalue weighted by molar-refractivity contribution is 6.33. The van der Waals surface area contributed by atoms with E-state index in [0.29, 0.717) is 34.7 Å². The summed E-state index contributed by atoms with van der Waals surface area (Å²) in [5.74, 6) is 0.202. The number of methoxy groups -OCH3 is 1. The van der Waals surface area contributed by atoms with Crippen molar-refractivity contribution < 1.29 is 19.2 Å². The van der Waals surface area contributed by atoms with Crippen LogP contribution in [-0.4, -0.2) is 39.9 Å². The summed E-state index contributed by atoms with van der Waals surface area (Å²) in [6.45, 7) is 2.74. The van der Waals surface area contributed by atoms with Crippen molar-refractivity contribution >= 4 is 23.4 Å². The van der Waals surface area contributed by atoms with Crippen LogP contribution < -0.4 is 5.32 Å². The molecule has 0 saturated carbocycles. The molecule has 0 atom stereocenters. The lowest BCUT2D eigenvalue weighted by atomic mass is 9.94. The summed E-state index contributed by atoms with van der Waals surface area (Å²) in [6, 6.07) is 15.8. The van der Waals surface area contributed by atoms with Gasteiger partial charge in [0.2, 0.25) is 5.82 Å². The first kappa shape index (κ1) is 23.4. The van der Waals surface area contributed by atoms with E-state index in [1.54, 1.807) is 19.4 Å². The second-order valence-corrected chi connectivity index (χ2v) is 8.08. The number of nitrogens with zero attached hydrogens (tertiary/aromatic N) is 3. The van der Waals surface area contributed by atoms with Gasteiger partial charge < -0.3 is 19.7 Å². The maximum atomic E-state index is 10.7. The minimum atomic E-state index is -0.903. The topological polar surface area (TPSA) is 110 Å². The fraction of sp³-hybridized carbons (Fsp3) is 0.200. The van der Waals surface area contributed by atoms with Gasteiger partial charge in [-0.3, -0.25) is 4.79 Å². The van der Waals surface area contributed by atoms with E-state index in [1.807, 2.05) is 30.3 Å². The monoisotopic (exact) mass is 478 g/mol. The van der Waals surface area contributed by atoms with Crippen LogP contribution in [0, 0.1) is 6.92 Å². The minimum absolute atomic E-state index is 0.0400. The second-order valence-electron chi connectivity index (χ2n) is 7.67. The molecule has 0 saturated heterocycles. The molecular formula is C25H23ClN4O4. The Morgan fingerprint density at radius 2 is 1.97 bits per heavy atom. The zero-order valence-corrected chi connectivity index (χ0v) is 19.5. The number of ether oxygens (including phenoxy) is 1. The van der Waals surface area contributed by atoms with Crippen molar-refractivity contribution in [1.82, 2.24) is 15.1 Å². The summed E-state index contributed by atoms with van der Waals surface area (Å²) in [6.07, 6.45) is 1.52. The Kier molecular flexibility index (Phi) is 7.20. The fourth-order valence-corrected chi connectivity index (χ4v) is 3.81. The summed E-state index contributed by atoms with van der Waals surface area (Å²) < 4.78 is 10.9. The number of aromatic nitrogens is 3. The van der Waals surface area contributed by atoms with Gasteiger partial charge in [-0.25, -0.2) is 4.98 Å². The molecule has 9 heteroatoms. The second kappa shape index (κ2) is 10.5. The Balaban J connectivity index is 1.59. The van der Waals surface area contributed by atoms with Crippen LogP contribution in [-0.2, 0) is 16.1 Å². The third-order valence-electron chi connectivity index (χ3n) is 5.24. The Hall–Kier alpha value is -3.75. The number of hydrogen-bond acceptors (Lipinski definition) is 7. The van der Waals surface area contributed by atoms with Gasteiger partial charge in [0.1, 0.15) is 5.82 Å². The van der Waals surface area contributed by atoms with E-state index >= 15 is 0 Å². The standard InChI is InChI=1S/C25H23ClN4O4/c1-15-5-3-4-6-19(15)20-8-7-16(11-18(20)14-33-2)25-29-23(30-34-25)17-12-21(26)24(28-13-17)27-10-9-22(31)32/h3-8,11-13H,9-10,14H2,1-2H3,(H,27,28)(H,31,32). The van der Waals surface area contributed by atoms with Crippen LogP contribution in [0.1, 0.15) is 17.5 Å². The number of aryl methyl sites for hydroxylation is 1. The molecule has 0 spiro atoms. The first-order valence-corrected chi connectivity index (χ1v) is 11.0. The molecule has 4 aromatic rings. The number of aliphatic carboxylic acids is 1. The number of carboxylic acid groups (broad SMARTS) is 1. The molecule has 0 fully saturated rings. The number of carbonyl (C=O) groups is 1. The minimum Gasteiger partial charge on any atom is -0.481 e. The Labute approximate surface area is 201 Å². The molecule has 8 nitrogen and oxygen atoms in total. The molecule has 2 N–H and O–H groups in total. The van der Waals surface area contributed by atoms with E-state index in [0.717, 1.165) is 22.3 Å². The third kappa shape index (κ3) is 5.24. The summed E-state index contributed by atoms with van der Waals surface area (Å²) in [5.41, 5.74) is 5.77.